The first kappa shape index (κ1) is 14.8. The van der Waals surface area contributed by atoms with Crippen LogP contribution in [0, 0.1) is 0 Å². The van der Waals surface area contributed by atoms with Crippen LogP contribution in [0.1, 0.15) is 33.6 Å². The van der Waals surface area contributed by atoms with Crippen molar-refractivity contribution in [3.05, 3.63) is 69.7 Å². The Morgan fingerprint density at radius 2 is 1.55 bits per heavy atom. The van der Waals surface area contributed by atoms with Crippen molar-refractivity contribution in [2.45, 2.75) is 12.8 Å². The Bertz CT molecular complexity index is 650. The lowest BCUT2D eigenvalue weighted by molar-refractivity contribution is 0.0917. The summed E-state index contributed by atoms with van der Waals surface area (Å²) in [5, 5.41) is 0.918. The second kappa shape index (κ2) is 6.69. The predicted octanol–water partition coefficient (Wildman–Crippen LogP) is 4.84. The van der Waals surface area contributed by atoms with E-state index in [1.165, 1.54) is 0 Å². The highest BCUT2D eigenvalue weighted by molar-refractivity contribution is 6.34. The molecular formula is C16H12Cl2O2. The molecule has 0 spiro atoms. The monoisotopic (exact) mass is 306 g/mol. The van der Waals surface area contributed by atoms with Gasteiger partial charge in [0.15, 0.2) is 11.6 Å². The molecule has 0 unspecified atom stereocenters. The highest BCUT2D eigenvalue weighted by Crippen LogP contribution is 2.18. The van der Waals surface area contributed by atoms with Gasteiger partial charge in [-0.05, 0) is 24.3 Å². The third-order valence-corrected chi connectivity index (χ3v) is 3.46. The molecule has 102 valence electrons. The topological polar surface area (TPSA) is 34.1 Å². The molecule has 0 saturated heterocycles. The first-order valence-electron chi connectivity index (χ1n) is 6.14. The van der Waals surface area contributed by atoms with Crippen LogP contribution in [0.5, 0.6) is 0 Å². The molecule has 0 aliphatic heterocycles. The van der Waals surface area contributed by atoms with Crippen molar-refractivity contribution in [1.29, 1.82) is 0 Å². The molecule has 0 atom stereocenters. The number of halogens is 2. The van der Waals surface area contributed by atoms with Crippen molar-refractivity contribution in [1.82, 2.24) is 0 Å². The molecule has 2 aromatic carbocycles. The van der Waals surface area contributed by atoms with Crippen molar-refractivity contribution >= 4 is 34.8 Å². The summed E-state index contributed by atoms with van der Waals surface area (Å²) in [4.78, 5) is 24.0. The Kier molecular flexibility index (Phi) is 4.94. The highest BCUT2D eigenvalue weighted by Gasteiger charge is 2.13. The quantitative estimate of drug-likeness (QED) is 0.741. The molecule has 4 heteroatoms. The van der Waals surface area contributed by atoms with Gasteiger partial charge in [-0.3, -0.25) is 9.59 Å². The first-order chi connectivity index (χ1) is 9.58. The lowest BCUT2D eigenvalue weighted by atomic mass is 10.0. The van der Waals surface area contributed by atoms with E-state index in [9.17, 15) is 9.59 Å². The molecule has 2 nitrogen and oxygen atoms in total. The minimum Gasteiger partial charge on any atom is -0.294 e. The summed E-state index contributed by atoms with van der Waals surface area (Å²) in [7, 11) is 0. The summed E-state index contributed by atoms with van der Waals surface area (Å²) in [6.45, 7) is 0. The van der Waals surface area contributed by atoms with E-state index in [0.717, 1.165) is 0 Å². The third-order valence-electron chi connectivity index (χ3n) is 2.90. The number of carbonyl (C=O) groups is 2. The van der Waals surface area contributed by atoms with Crippen molar-refractivity contribution in [2.75, 3.05) is 0 Å². The van der Waals surface area contributed by atoms with E-state index >= 15 is 0 Å². The molecule has 0 bridgehead atoms. The van der Waals surface area contributed by atoms with Crippen LogP contribution in [0.2, 0.25) is 10.0 Å². The number of ketones is 2. The summed E-state index contributed by atoms with van der Waals surface area (Å²) in [6.07, 6.45) is 0.277. The summed E-state index contributed by atoms with van der Waals surface area (Å²) in [5.74, 6) is -0.237. The third kappa shape index (κ3) is 3.69. The molecule has 2 rings (SSSR count). The lowest BCUT2D eigenvalue weighted by Crippen LogP contribution is -2.05. The van der Waals surface area contributed by atoms with Gasteiger partial charge in [-0.15, -0.1) is 0 Å². The van der Waals surface area contributed by atoms with Crippen LogP contribution in [0.4, 0.5) is 0 Å². The zero-order chi connectivity index (χ0) is 14.5. The Labute approximate surface area is 127 Å². The van der Waals surface area contributed by atoms with E-state index in [0.29, 0.717) is 21.2 Å². The average Bonchev–Trinajstić information content (AvgIpc) is 2.45. The maximum Gasteiger partial charge on any atom is 0.164 e. The van der Waals surface area contributed by atoms with Crippen LogP contribution >= 0.6 is 23.2 Å². The Morgan fingerprint density at radius 3 is 2.25 bits per heavy atom. The van der Waals surface area contributed by atoms with Crippen molar-refractivity contribution < 1.29 is 9.59 Å². The van der Waals surface area contributed by atoms with Gasteiger partial charge >= 0.3 is 0 Å². The maximum atomic E-state index is 12.0. The van der Waals surface area contributed by atoms with E-state index < -0.39 is 0 Å². The maximum absolute atomic E-state index is 12.0. The fraction of sp³-hybridized carbons (Fsp3) is 0.125. The lowest BCUT2D eigenvalue weighted by Gasteiger charge is -2.03. The van der Waals surface area contributed by atoms with Crippen LogP contribution < -0.4 is 0 Å². The number of hydrogen-bond donors (Lipinski definition) is 0. The summed E-state index contributed by atoms with van der Waals surface area (Å²) in [6, 6.07) is 13.5. The van der Waals surface area contributed by atoms with Gasteiger partial charge in [-0.25, -0.2) is 0 Å². The van der Waals surface area contributed by atoms with E-state index in [1.807, 2.05) is 0 Å². The Balaban J connectivity index is 2.01. The van der Waals surface area contributed by atoms with Crippen LogP contribution in [-0.4, -0.2) is 11.6 Å². The van der Waals surface area contributed by atoms with Gasteiger partial charge in [0.1, 0.15) is 0 Å². The molecular weight excluding hydrogens is 295 g/mol. The Hall–Kier alpha value is -1.64. The fourth-order valence-electron chi connectivity index (χ4n) is 1.86. The molecule has 0 radical (unpaired) electrons. The average molecular weight is 307 g/mol. The van der Waals surface area contributed by atoms with E-state index in [1.54, 1.807) is 48.5 Å². The van der Waals surface area contributed by atoms with Gasteiger partial charge in [0.05, 0.1) is 5.02 Å². The number of rotatable bonds is 5. The smallest absolute Gasteiger partial charge is 0.164 e. The molecule has 0 aromatic heterocycles. The van der Waals surface area contributed by atoms with Gasteiger partial charge in [0.25, 0.3) is 0 Å². The largest absolute Gasteiger partial charge is 0.294 e. The van der Waals surface area contributed by atoms with Crippen LogP contribution in [-0.2, 0) is 0 Å². The number of hydrogen-bond acceptors (Lipinski definition) is 2. The minimum atomic E-state index is -0.133. The minimum absolute atomic E-state index is 0.104. The predicted molar refractivity (Wildman–Crippen MR) is 80.8 cm³/mol. The second-order valence-electron chi connectivity index (χ2n) is 4.34. The van der Waals surface area contributed by atoms with E-state index in [2.05, 4.69) is 0 Å². The molecule has 0 fully saturated rings. The van der Waals surface area contributed by atoms with Crippen molar-refractivity contribution in [3.63, 3.8) is 0 Å². The number of Topliss-reactive ketones (excluding diaryl/α,β-unsaturated/α-hetero) is 2. The molecule has 0 saturated carbocycles. The van der Waals surface area contributed by atoms with E-state index in [-0.39, 0.29) is 24.4 Å². The zero-order valence-corrected chi connectivity index (χ0v) is 12.1. The molecule has 20 heavy (non-hydrogen) atoms. The fourth-order valence-corrected chi connectivity index (χ4v) is 2.29. The molecule has 0 aliphatic carbocycles. The molecule has 0 amide bonds. The summed E-state index contributed by atoms with van der Waals surface area (Å²) >= 11 is 11.8. The zero-order valence-electron chi connectivity index (χ0n) is 10.6. The van der Waals surface area contributed by atoms with Gasteiger partial charge in [0.2, 0.25) is 0 Å². The van der Waals surface area contributed by atoms with Gasteiger partial charge in [-0.1, -0.05) is 47.5 Å². The molecule has 0 heterocycles. The summed E-state index contributed by atoms with van der Waals surface area (Å²) in [5.41, 5.74) is 0.970. The normalized spacial score (nSPS) is 10.3. The van der Waals surface area contributed by atoms with Crippen LogP contribution in [0.15, 0.2) is 48.5 Å². The van der Waals surface area contributed by atoms with Gasteiger partial charge in [-0.2, -0.15) is 0 Å². The first-order valence-corrected chi connectivity index (χ1v) is 6.90. The number of carbonyl (C=O) groups excluding carboxylic acids is 2. The van der Waals surface area contributed by atoms with E-state index in [4.69, 9.17) is 23.2 Å². The summed E-state index contributed by atoms with van der Waals surface area (Å²) < 4.78 is 0. The SMILES string of the molecule is O=C(CCC(=O)c1ccccc1Cl)c1cccc(Cl)c1. The Morgan fingerprint density at radius 1 is 0.850 bits per heavy atom. The molecule has 2 aromatic rings. The standard InChI is InChI=1S/C16H12Cl2O2/c17-12-5-3-4-11(10-12)15(19)8-9-16(20)13-6-1-2-7-14(13)18/h1-7,10H,8-9H2. The van der Waals surface area contributed by atoms with Crippen molar-refractivity contribution in [2.24, 2.45) is 0 Å². The van der Waals surface area contributed by atoms with Crippen LogP contribution in [0.3, 0.4) is 0 Å². The van der Waals surface area contributed by atoms with Gasteiger partial charge < -0.3 is 0 Å². The van der Waals surface area contributed by atoms with Gasteiger partial charge in [0, 0.05) is 29.0 Å². The van der Waals surface area contributed by atoms with Crippen LogP contribution in [0.25, 0.3) is 0 Å². The highest BCUT2D eigenvalue weighted by atomic mass is 35.5. The number of benzene rings is 2. The molecule has 0 N–H and O–H groups in total. The second-order valence-corrected chi connectivity index (χ2v) is 5.18. The van der Waals surface area contributed by atoms with Crippen molar-refractivity contribution in [3.8, 4) is 0 Å². The molecule has 0 aliphatic rings.